The van der Waals surface area contributed by atoms with Crippen LogP contribution in [0.5, 0.6) is 0 Å². The molecule has 4 nitrogen and oxygen atoms in total. The van der Waals surface area contributed by atoms with Gasteiger partial charge in [0.25, 0.3) is 5.91 Å². The second kappa shape index (κ2) is 6.80. The van der Waals surface area contributed by atoms with Crippen LogP contribution in [0.3, 0.4) is 0 Å². The first-order chi connectivity index (χ1) is 10.1. The zero-order chi connectivity index (χ0) is 15.4. The molecule has 1 amide bonds. The summed E-state index contributed by atoms with van der Waals surface area (Å²) in [5.74, 6) is 0.650. The van der Waals surface area contributed by atoms with Crippen LogP contribution in [0.15, 0.2) is 35.4 Å². The van der Waals surface area contributed by atoms with E-state index in [1.54, 1.807) is 18.0 Å². The number of benzene rings is 1. The standard InChI is InChI=1S/C16H21N3OS/c1-5-12(3)19-15(8-9-17-19)18-16(20)14-10-13(21-4)7-6-11(14)2/h6-10,12H,5H2,1-4H3,(H,18,20). The van der Waals surface area contributed by atoms with Gasteiger partial charge >= 0.3 is 0 Å². The van der Waals surface area contributed by atoms with Crippen LogP contribution in [-0.4, -0.2) is 21.9 Å². The van der Waals surface area contributed by atoms with E-state index in [1.165, 1.54) is 0 Å². The van der Waals surface area contributed by atoms with Crippen molar-refractivity contribution in [2.24, 2.45) is 0 Å². The summed E-state index contributed by atoms with van der Waals surface area (Å²) in [6.45, 7) is 6.14. The molecule has 0 aliphatic heterocycles. The quantitative estimate of drug-likeness (QED) is 0.845. The van der Waals surface area contributed by atoms with E-state index in [-0.39, 0.29) is 11.9 Å². The molecule has 1 aromatic heterocycles. The van der Waals surface area contributed by atoms with Gasteiger partial charge in [0.15, 0.2) is 0 Å². The fourth-order valence-corrected chi connectivity index (χ4v) is 2.53. The molecule has 5 heteroatoms. The Morgan fingerprint density at radius 1 is 1.43 bits per heavy atom. The molecule has 2 aromatic rings. The van der Waals surface area contributed by atoms with Gasteiger partial charge in [-0.05, 0) is 44.2 Å². The maximum atomic E-state index is 12.5. The number of carbonyl (C=O) groups excluding carboxylic acids is 1. The zero-order valence-corrected chi connectivity index (χ0v) is 13.7. The van der Waals surface area contributed by atoms with Gasteiger partial charge in [-0.3, -0.25) is 4.79 Å². The first-order valence-corrected chi connectivity index (χ1v) is 8.28. The van der Waals surface area contributed by atoms with Crippen molar-refractivity contribution in [3.8, 4) is 0 Å². The molecule has 1 unspecified atom stereocenters. The van der Waals surface area contributed by atoms with Crippen molar-refractivity contribution in [1.29, 1.82) is 0 Å². The van der Waals surface area contributed by atoms with Gasteiger partial charge in [0.05, 0.1) is 12.2 Å². The van der Waals surface area contributed by atoms with Gasteiger partial charge in [-0.15, -0.1) is 11.8 Å². The molecular formula is C16H21N3OS. The van der Waals surface area contributed by atoms with Crippen molar-refractivity contribution < 1.29 is 4.79 Å². The molecule has 0 aliphatic rings. The van der Waals surface area contributed by atoms with Gasteiger partial charge in [0.1, 0.15) is 5.82 Å². The highest BCUT2D eigenvalue weighted by Crippen LogP contribution is 2.21. The summed E-state index contributed by atoms with van der Waals surface area (Å²) in [5, 5.41) is 7.25. The molecule has 0 saturated carbocycles. The first kappa shape index (κ1) is 15.6. The van der Waals surface area contributed by atoms with E-state index in [0.717, 1.165) is 22.7 Å². The molecule has 0 spiro atoms. The Kier molecular flexibility index (Phi) is 5.07. The topological polar surface area (TPSA) is 46.9 Å². The predicted octanol–water partition coefficient (Wildman–Crippen LogP) is 4.14. The third kappa shape index (κ3) is 3.47. The summed E-state index contributed by atoms with van der Waals surface area (Å²) in [4.78, 5) is 13.6. The minimum absolute atomic E-state index is 0.0894. The third-order valence-corrected chi connectivity index (χ3v) is 4.33. The molecule has 0 saturated heterocycles. The van der Waals surface area contributed by atoms with E-state index >= 15 is 0 Å². The third-order valence-electron chi connectivity index (χ3n) is 3.61. The Morgan fingerprint density at radius 3 is 2.86 bits per heavy atom. The molecule has 112 valence electrons. The van der Waals surface area contributed by atoms with E-state index in [1.807, 2.05) is 42.1 Å². The zero-order valence-electron chi connectivity index (χ0n) is 12.9. The first-order valence-electron chi connectivity index (χ1n) is 7.06. The van der Waals surface area contributed by atoms with Crippen LogP contribution >= 0.6 is 11.8 Å². The van der Waals surface area contributed by atoms with Crippen LogP contribution in [0.25, 0.3) is 0 Å². The van der Waals surface area contributed by atoms with Gasteiger partial charge in [-0.25, -0.2) is 4.68 Å². The molecular weight excluding hydrogens is 282 g/mol. The lowest BCUT2D eigenvalue weighted by Crippen LogP contribution is -2.18. The SMILES string of the molecule is CCC(C)n1nccc1NC(=O)c1cc(SC)ccc1C. The van der Waals surface area contributed by atoms with E-state index in [9.17, 15) is 4.79 Å². The van der Waals surface area contributed by atoms with Gasteiger partial charge in [-0.2, -0.15) is 5.10 Å². The van der Waals surface area contributed by atoms with E-state index < -0.39 is 0 Å². The Hall–Kier alpha value is -1.75. The molecule has 0 radical (unpaired) electrons. The molecule has 2 rings (SSSR count). The van der Waals surface area contributed by atoms with Crippen molar-refractivity contribution in [2.45, 2.75) is 38.1 Å². The highest BCUT2D eigenvalue weighted by molar-refractivity contribution is 7.98. The lowest BCUT2D eigenvalue weighted by Gasteiger charge is -2.15. The summed E-state index contributed by atoms with van der Waals surface area (Å²) in [6.07, 6.45) is 4.68. The van der Waals surface area contributed by atoms with Crippen molar-refractivity contribution in [2.75, 3.05) is 11.6 Å². The minimum atomic E-state index is -0.0894. The number of nitrogens with one attached hydrogen (secondary N) is 1. The van der Waals surface area contributed by atoms with Gasteiger partial charge < -0.3 is 5.32 Å². The fourth-order valence-electron chi connectivity index (χ4n) is 2.09. The summed E-state index contributed by atoms with van der Waals surface area (Å²) in [7, 11) is 0. The van der Waals surface area contributed by atoms with E-state index in [4.69, 9.17) is 0 Å². The number of anilines is 1. The number of rotatable bonds is 5. The molecule has 1 aromatic carbocycles. The molecule has 1 atom stereocenters. The number of aromatic nitrogens is 2. The second-order valence-electron chi connectivity index (χ2n) is 5.05. The number of thioether (sulfide) groups is 1. The predicted molar refractivity (Wildman–Crippen MR) is 88.1 cm³/mol. The van der Waals surface area contributed by atoms with Gasteiger partial charge in [0.2, 0.25) is 0 Å². The molecule has 21 heavy (non-hydrogen) atoms. The number of carbonyl (C=O) groups is 1. The normalized spacial score (nSPS) is 12.2. The number of nitrogens with zero attached hydrogens (tertiary/aromatic N) is 2. The monoisotopic (exact) mass is 303 g/mol. The molecule has 1 N–H and O–H groups in total. The number of hydrogen-bond donors (Lipinski definition) is 1. The van der Waals surface area contributed by atoms with Crippen LogP contribution in [0, 0.1) is 6.92 Å². The van der Waals surface area contributed by atoms with Crippen LogP contribution in [0.2, 0.25) is 0 Å². The van der Waals surface area contributed by atoms with Crippen LogP contribution < -0.4 is 5.32 Å². The van der Waals surface area contributed by atoms with Crippen molar-refractivity contribution in [3.63, 3.8) is 0 Å². The average molecular weight is 303 g/mol. The minimum Gasteiger partial charge on any atom is -0.307 e. The Bertz CT molecular complexity index is 636. The summed E-state index contributed by atoms with van der Waals surface area (Å²) >= 11 is 1.63. The summed E-state index contributed by atoms with van der Waals surface area (Å²) < 4.78 is 1.85. The van der Waals surface area contributed by atoms with Crippen LogP contribution in [-0.2, 0) is 0 Å². The Labute approximate surface area is 129 Å². The number of aryl methyl sites for hydroxylation is 1. The lowest BCUT2D eigenvalue weighted by atomic mass is 10.1. The second-order valence-corrected chi connectivity index (χ2v) is 5.93. The summed E-state index contributed by atoms with van der Waals surface area (Å²) in [6, 6.07) is 8.03. The van der Waals surface area contributed by atoms with Gasteiger partial charge in [0, 0.05) is 16.5 Å². The van der Waals surface area contributed by atoms with Crippen LogP contribution in [0.4, 0.5) is 5.82 Å². The van der Waals surface area contributed by atoms with Crippen molar-refractivity contribution in [1.82, 2.24) is 9.78 Å². The van der Waals surface area contributed by atoms with E-state index in [0.29, 0.717) is 5.56 Å². The van der Waals surface area contributed by atoms with Crippen molar-refractivity contribution in [3.05, 3.63) is 41.6 Å². The van der Waals surface area contributed by atoms with Gasteiger partial charge in [-0.1, -0.05) is 13.0 Å². The Morgan fingerprint density at radius 2 is 2.19 bits per heavy atom. The largest absolute Gasteiger partial charge is 0.307 e. The highest BCUT2D eigenvalue weighted by atomic mass is 32.2. The smallest absolute Gasteiger partial charge is 0.257 e. The molecule has 0 bridgehead atoms. The number of hydrogen-bond acceptors (Lipinski definition) is 3. The molecule has 0 fully saturated rings. The Balaban J connectivity index is 2.24. The maximum absolute atomic E-state index is 12.5. The highest BCUT2D eigenvalue weighted by Gasteiger charge is 2.14. The lowest BCUT2D eigenvalue weighted by molar-refractivity contribution is 0.102. The average Bonchev–Trinajstić information content (AvgIpc) is 2.95. The van der Waals surface area contributed by atoms with E-state index in [2.05, 4.69) is 24.3 Å². The van der Waals surface area contributed by atoms with Crippen LogP contribution in [0.1, 0.15) is 42.2 Å². The molecule has 0 aliphatic carbocycles. The van der Waals surface area contributed by atoms with Crippen molar-refractivity contribution >= 4 is 23.5 Å². The summed E-state index contributed by atoms with van der Waals surface area (Å²) in [5.41, 5.74) is 1.68. The maximum Gasteiger partial charge on any atom is 0.257 e. The fraction of sp³-hybridized carbons (Fsp3) is 0.375. The molecule has 1 heterocycles. The number of amides is 1.